The Hall–Kier alpha value is -1.68. The number of ether oxygens (including phenoxy) is 1. The van der Waals surface area contributed by atoms with Crippen LogP contribution in [0, 0.1) is 11.7 Å². The van der Waals surface area contributed by atoms with E-state index in [9.17, 15) is 9.18 Å². The standard InChI is InChI=1S/C19H24FNO2/c1-13(2)12-23-19-17-6-4-3-5-16(17)18(22)21(19)11-14-7-9-15(20)10-8-14/h7-10,13,19H,3-6,11-12H2,1-2H3. The van der Waals surface area contributed by atoms with Crippen molar-refractivity contribution in [1.82, 2.24) is 4.90 Å². The number of benzene rings is 1. The summed E-state index contributed by atoms with van der Waals surface area (Å²) < 4.78 is 19.2. The van der Waals surface area contributed by atoms with Crippen LogP contribution in [0.1, 0.15) is 45.1 Å². The molecule has 3 nitrogen and oxygen atoms in total. The van der Waals surface area contributed by atoms with Crippen molar-refractivity contribution < 1.29 is 13.9 Å². The van der Waals surface area contributed by atoms with Crippen LogP contribution in [0.2, 0.25) is 0 Å². The molecule has 1 heterocycles. The molecule has 0 saturated heterocycles. The Morgan fingerprint density at radius 1 is 1.22 bits per heavy atom. The van der Waals surface area contributed by atoms with Gasteiger partial charge >= 0.3 is 0 Å². The van der Waals surface area contributed by atoms with Crippen molar-refractivity contribution in [1.29, 1.82) is 0 Å². The molecule has 0 radical (unpaired) electrons. The van der Waals surface area contributed by atoms with Gasteiger partial charge in [0.05, 0.1) is 6.61 Å². The first-order valence-corrected chi connectivity index (χ1v) is 8.45. The van der Waals surface area contributed by atoms with Crippen LogP contribution in [0.15, 0.2) is 35.4 Å². The zero-order valence-electron chi connectivity index (χ0n) is 13.8. The first-order valence-electron chi connectivity index (χ1n) is 8.45. The van der Waals surface area contributed by atoms with Crippen LogP contribution >= 0.6 is 0 Å². The second-order valence-electron chi connectivity index (χ2n) is 6.85. The predicted octanol–water partition coefficient (Wildman–Crippen LogP) is 4.04. The van der Waals surface area contributed by atoms with Gasteiger partial charge in [0.25, 0.3) is 5.91 Å². The van der Waals surface area contributed by atoms with Crippen molar-refractivity contribution in [2.75, 3.05) is 6.61 Å². The van der Waals surface area contributed by atoms with E-state index in [0.29, 0.717) is 19.1 Å². The van der Waals surface area contributed by atoms with Gasteiger partial charge in [0.2, 0.25) is 0 Å². The van der Waals surface area contributed by atoms with Gasteiger partial charge in [-0.15, -0.1) is 0 Å². The van der Waals surface area contributed by atoms with Gasteiger partial charge in [0.15, 0.2) is 6.23 Å². The molecule has 2 aliphatic rings. The van der Waals surface area contributed by atoms with Crippen LogP contribution in [0.25, 0.3) is 0 Å². The highest BCUT2D eigenvalue weighted by molar-refractivity contribution is 5.97. The zero-order valence-corrected chi connectivity index (χ0v) is 13.8. The number of rotatable bonds is 5. The fourth-order valence-corrected chi connectivity index (χ4v) is 3.33. The molecule has 1 aromatic carbocycles. The normalized spacial score (nSPS) is 21.3. The Balaban J connectivity index is 1.81. The Morgan fingerprint density at radius 2 is 1.91 bits per heavy atom. The summed E-state index contributed by atoms with van der Waals surface area (Å²) in [5, 5.41) is 0. The van der Waals surface area contributed by atoms with E-state index in [-0.39, 0.29) is 18.0 Å². The number of amides is 1. The lowest BCUT2D eigenvalue weighted by Crippen LogP contribution is -2.37. The first-order chi connectivity index (χ1) is 11.1. The van der Waals surface area contributed by atoms with Crippen molar-refractivity contribution in [2.45, 2.75) is 52.3 Å². The van der Waals surface area contributed by atoms with E-state index in [1.807, 2.05) is 4.90 Å². The highest BCUT2D eigenvalue weighted by atomic mass is 19.1. The van der Waals surface area contributed by atoms with Crippen LogP contribution in [0.5, 0.6) is 0 Å². The fourth-order valence-electron chi connectivity index (χ4n) is 3.33. The third kappa shape index (κ3) is 3.47. The zero-order chi connectivity index (χ0) is 16.4. The second-order valence-corrected chi connectivity index (χ2v) is 6.85. The molecule has 3 rings (SSSR count). The molecule has 1 amide bonds. The van der Waals surface area contributed by atoms with Crippen molar-refractivity contribution in [2.24, 2.45) is 5.92 Å². The molecule has 4 heteroatoms. The van der Waals surface area contributed by atoms with Crippen molar-refractivity contribution in [3.63, 3.8) is 0 Å². The number of hydrogen-bond donors (Lipinski definition) is 0. The summed E-state index contributed by atoms with van der Waals surface area (Å²) in [6.07, 6.45) is 3.76. The number of carbonyl (C=O) groups is 1. The van der Waals surface area contributed by atoms with Gasteiger partial charge in [-0.3, -0.25) is 4.79 Å². The maximum atomic E-state index is 13.1. The molecule has 0 N–H and O–H groups in total. The maximum absolute atomic E-state index is 13.1. The average molecular weight is 317 g/mol. The Bertz CT molecular complexity index is 606. The quantitative estimate of drug-likeness (QED) is 0.820. The SMILES string of the molecule is CC(C)COC1C2=C(CCCC2)C(=O)N1Cc1ccc(F)cc1. The highest BCUT2D eigenvalue weighted by Crippen LogP contribution is 2.37. The van der Waals surface area contributed by atoms with Crippen LogP contribution in [-0.2, 0) is 16.1 Å². The van der Waals surface area contributed by atoms with Crippen LogP contribution in [0.4, 0.5) is 4.39 Å². The maximum Gasteiger partial charge on any atom is 0.252 e. The minimum absolute atomic E-state index is 0.0952. The topological polar surface area (TPSA) is 29.5 Å². The number of halogens is 1. The molecule has 1 aliphatic carbocycles. The van der Waals surface area contributed by atoms with E-state index in [2.05, 4.69) is 13.8 Å². The summed E-state index contributed by atoms with van der Waals surface area (Å²) in [6.45, 7) is 5.32. The lowest BCUT2D eigenvalue weighted by atomic mass is 9.93. The van der Waals surface area contributed by atoms with Crippen LogP contribution in [0.3, 0.4) is 0 Å². The van der Waals surface area contributed by atoms with E-state index in [4.69, 9.17) is 4.74 Å². The summed E-state index contributed by atoms with van der Waals surface area (Å²) in [6, 6.07) is 6.35. The molecule has 1 unspecified atom stereocenters. The average Bonchev–Trinajstić information content (AvgIpc) is 2.80. The summed E-state index contributed by atoms with van der Waals surface area (Å²) in [5.41, 5.74) is 3.05. The number of hydrogen-bond acceptors (Lipinski definition) is 2. The summed E-state index contributed by atoms with van der Waals surface area (Å²) in [7, 11) is 0. The Kier molecular flexibility index (Phi) is 4.81. The molecular weight excluding hydrogens is 293 g/mol. The van der Waals surface area contributed by atoms with E-state index >= 15 is 0 Å². The number of carbonyl (C=O) groups excluding carboxylic acids is 1. The van der Waals surface area contributed by atoms with E-state index < -0.39 is 0 Å². The molecule has 1 aromatic rings. The predicted molar refractivity (Wildman–Crippen MR) is 87.0 cm³/mol. The van der Waals surface area contributed by atoms with Gasteiger partial charge in [-0.2, -0.15) is 0 Å². The third-order valence-corrected chi connectivity index (χ3v) is 4.46. The summed E-state index contributed by atoms with van der Waals surface area (Å²) >= 11 is 0. The third-order valence-electron chi connectivity index (χ3n) is 4.46. The molecular formula is C19H24FNO2. The largest absolute Gasteiger partial charge is 0.354 e. The lowest BCUT2D eigenvalue weighted by Gasteiger charge is -2.28. The lowest BCUT2D eigenvalue weighted by molar-refractivity contribution is -0.137. The first kappa shape index (κ1) is 16.2. The molecule has 0 spiro atoms. The fraction of sp³-hybridized carbons (Fsp3) is 0.526. The van der Waals surface area contributed by atoms with Crippen molar-refractivity contribution in [3.8, 4) is 0 Å². The molecule has 0 aromatic heterocycles. The molecule has 0 fully saturated rings. The van der Waals surface area contributed by atoms with Gasteiger partial charge in [-0.1, -0.05) is 26.0 Å². The Labute approximate surface area is 137 Å². The van der Waals surface area contributed by atoms with Crippen LogP contribution in [-0.4, -0.2) is 23.6 Å². The Morgan fingerprint density at radius 3 is 2.61 bits per heavy atom. The summed E-state index contributed by atoms with van der Waals surface area (Å²) in [4.78, 5) is 14.6. The van der Waals surface area contributed by atoms with E-state index in [1.165, 1.54) is 17.7 Å². The molecule has 1 aliphatic heterocycles. The van der Waals surface area contributed by atoms with Gasteiger partial charge in [0.1, 0.15) is 5.82 Å². The molecule has 0 bridgehead atoms. The second kappa shape index (κ2) is 6.83. The van der Waals surface area contributed by atoms with Crippen LogP contribution < -0.4 is 0 Å². The minimum Gasteiger partial charge on any atom is -0.354 e. The minimum atomic E-state index is -0.258. The summed E-state index contributed by atoms with van der Waals surface area (Å²) in [5.74, 6) is 0.260. The van der Waals surface area contributed by atoms with Gasteiger partial charge in [-0.25, -0.2) is 4.39 Å². The molecule has 0 saturated carbocycles. The monoisotopic (exact) mass is 317 g/mol. The van der Waals surface area contributed by atoms with Gasteiger partial charge in [0, 0.05) is 12.1 Å². The molecule has 23 heavy (non-hydrogen) atoms. The smallest absolute Gasteiger partial charge is 0.252 e. The van der Waals surface area contributed by atoms with Crippen molar-refractivity contribution >= 4 is 5.91 Å². The molecule has 124 valence electrons. The van der Waals surface area contributed by atoms with Crippen molar-refractivity contribution in [3.05, 3.63) is 46.8 Å². The highest BCUT2D eigenvalue weighted by Gasteiger charge is 2.40. The van der Waals surface area contributed by atoms with E-state index in [1.54, 1.807) is 12.1 Å². The molecule has 1 atom stereocenters. The van der Waals surface area contributed by atoms with E-state index in [0.717, 1.165) is 36.8 Å². The number of nitrogens with zero attached hydrogens (tertiary/aromatic N) is 1. The van der Waals surface area contributed by atoms with Gasteiger partial charge < -0.3 is 9.64 Å². The van der Waals surface area contributed by atoms with Gasteiger partial charge in [-0.05, 0) is 54.9 Å².